The molecular formula is C51H94N2O8. The Morgan fingerprint density at radius 1 is 0.590 bits per heavy atom. The number of carbonyl (C=O) groups excluding carboxylic acids is 3. The maximum atomic E-state index is 13.0. The lowest BCUT2D eigenvalue weighted by Crippen LogP contribution is -2.46. The van der Waals surface area contributed by atoms with Gasteiger partial charge in [-0.1, -0.05) is 155 Å². The van der Waals surface area contributed by atoms with Gasteiger partial charge in [-0.25, -0.2) is 4.79 Å². The van der Waals surface area contributed by atoms with E-state index in [9.17, 15) is 14.4 Å². The lowest BCUT2D eigenvalue weighted by atomic mass is 10.0. The zero-order valence-corrected chi connectivity index (χ0v) is 39.9. The van der Waals surface area contributed by atoms with Crippen LogP contribution in [0.5, 0.6) is 0 Å². The van der Waals surface area contributed by atoms with Crippen molar-refractivity contribution in [3.05, 3.63) is 24.3 Å². The van der Waals surface area contributed by atoms with Crippen molar-refractivity contribution in [2.75, 3.05) is 52.7 Å². The van der Waals surface area contributed by atoms with Crippen LogP contribution in [0.2, 0.25) is 0 Å². The minimum Gasteiger partial charge on any atom is -0.465 e. The molecule has 0 spiro atoms. The third-order valence-corrected chi connectivity index (χ3v) is 11.6. The molecule has 10 heteroatoms. The van der Waals surface area contributed by atoms with Gasteiger partial charge in [-0.05, 0) is 77.3 Å². The Morgan fingerprint density at radius 2 is 1.10 bits per heavy atom. The third kappa shape index (κ3) is 35.7. The average molecular weight is 863 g/mol. The number of hydrogen-bond donors (Lipinski definition) is 1. The van der Waals surface area contributed by atoms with Gasteiger partial charge in [0.15, 0.2) is 6.29 Å². The molecule has 1 rings (SSSR count). The lowest BCUT2D eigenvalue weighted by molar-refractivity contribution is -0.161. The molecule has 2 atom stereocenters. The van der Waals surface area contributed by atoms with Gasteiger partial charge in [0, 0.05) is 38.6 Å². The minimum atomic E-state index is -0.512. The predicted octanol–water partition coefficient (Wildman–Crippen LogP) is 13.0. The summed E-state index contributed by atoms with van der Waals surface area (Å²) in [6, 6.07) is 0.298. The molecule has 0 aromatic heterocycles. The van der Waals surface area contributed by atoms with E-state index in [1.165, 1.54) is 83.5 Å². The minimum absolute atomic E-state index is 0.0112. The molecular weight excluding hydrogens is 769 g/mol. The van der Waals surface area contributed by atoms with E-state index in [1.54, 1.807) is 0 Å². The number of likely N-dealkylation sites (tertiary alicyclic amines) is 1. The van der Waals surface area contributed by atoms with Crippen LogP contribution >= 0.6 is 0 Å². The summed E-state index contributed by atoms with van der Waals surface area (Å²) >= 11 is 0. The molecule has 1 N–H and O–H groups in total. The number of likely N-dealkylation sites (N-methyl/N-ethyl adjacent to an activating group) is 1. The van der Waals surface area contributed by atoms with Crippen LogP contribution in [-0.4, -0.2) is 87.9 Å². The topological polar surface area (TPSA) is 113 Å². The van der Waals surface area contributed by atoms with Crippen LogP contribution in [0.25, 0.3) is 0 Å². The molecule has 1 aliphatic rings. The van der Waals surface area contributed by atoms with Crippen LogP contribution in [0.1, 0.15) is 214 Å². The van der Waals surface area contributed by atoms with Gasteiger partial charge in [-0.3, -0.25) is 14.5 Å². The number of nitrogens with one attached hydrogen (secondary N) is 1. The first kappa shape index (κ1) is 56.6. The van der Waals surface area contributed by atoms with E-state index in [0.717, 1.165) is 96.6 Å². The number of hydrogen-bond acceptors (Lipinski definition) is 9. The van der Waals surface area contributed by atoms with Crippen LogP contribution in [-0.2, 0) is 33.3 Å². The number of alkyl carbamates (subject to hydrolysis) is 1. The Bertz CT molecular complexity index is 1070. The molecule has 0 bridgehead atoms. The Labute approximate surface area is 374 Å². The molecule has 1 saturated heterocycles. The molecule has 356 valence electrons. The van der Waals surface area contributed by atoms with Crippen molar-refractivity contribution in [3.8, 4) is 0 Å². The number of rotatable bonds is 42. The molecule has 1 amide bonds. The van der Waals surface area contributed by atoms with Crippen LogP contribution < -0.4 is 5.32 Å². The van der Waals surface area contributed by atoms with Crippen molar-refractivity contribution in [2.45, 2.75) is 226 Å². The van der Waals surface area contributed by atoms with Crippen LogP contribution in [0, 0.1) is 5.92 Å². The molecule has 0 aromatic rings. The van der Waals surface area contributed by atoms with Gasteiger partial charge in [0.05, 0.1) is 12.3 Å². The summed E-state index contributed by atoms with van der Waals surface area (Å²) < 4.78 is 29.1. The fourth-order valence-corrected chi connectivity index (χ4v) is 7.59. The smallest absolute Gasteiger partial charge is 0.407 e. The van der Waals surface area contributed by atoms with Crippen LogP contribution in [0.3, 0.4) is 0 Å². The second-order valence-corrected chi connectivity index (χ2v) is 17.2. The number of nitrogens with zero attached hydrogens (tertiary/aromatic N) is 1. The first-order valence-electron chi connectivity index (χ1n) is 25.4. The molecule has 0 radical (unpaired) electrons. The van der Waals surface area contributed by atoms with Crippen molar-refractivity contribution in [3.63, 3.8) is 0 Å². The third-order valence-electron chi connectivity index (χ3n) is 11.6. The summed E-state index contributed by atoms with van der Waals surface area (Å²) in [4.78, 5) is 40.9. The molecule has 0 aromatic carbocycles. The SMILES string of the molecule is CCCCC/C=C\C/C=C\CCCCCCCC(=O)OCC(COC(=O)CCC(OCCCCCCCC)OCCCCCCCC)COC(=O)NCC1CCCCN1CC. The van der Waals surface area contributed by atoms with Gasteiger partial charge in [0.2, 0.25) is 0 Å². The van der Waals surface area contributed by atoms with Crippen molar-refractivity contribution in [1.29, 1.82) is 0 Å². The zero-order valence-electron chi connectivity index (χ0n) is 39.9. The predicted molar refractivity (Wildman–Crippen MR) is 251 cm³/mol. The summed E-state index contributed by atoms with van der Waals surface area (Å²) in [7, 11) is 0. The Kier molecular flexibility index (Phi) is 39.8. The molecule has 61 heavy (non-hydrogen) atoms. The molecule has 1 fully saturated rings. The van der Waals surface area contributed by atoms with Crippen LogP contribution in [0.4, 0.5) is 4.79 Å². The lowest BCUT2D eigenvalue weighted by Gasteiger charge is -2.34. The number of amides is 1. The van der Waals surface area contributed by atoms with E-state index in [-0.39, 0.29) is 38.2 Å². The van der Waals surface area contributed by atoms with E-state index >= 15 is 0 Å². The van der Waals surface area contributed by atoms with Crippen molar-refractivity contribution in [2.24, 2.45) is 5.92 Å². The van der Waals surface area contributed by atoms with E-state index in [1.807, 2.05) is 0 Å². The number of allylic oxidation sites excluding steroid dienone is 4. The summed E-state index contributed by atoms with van der Waals surface area (Å²) in [5, 5.41) is 2.92. The number of esters is 2. The molecule has 0 saturated carbocycles. The number of unbranched alkanes of at least 4 members (excludes halogenated alkanes) is 18. The molecule has 1 aliphatic heterocycles. The Hall–Kier alpha value is -2.43. The van der Waals surface area contributed by atoms with E-state index in [4.69, 9.17) is 23.7 Å². The van der Waals surface area contributed by atoms with Gasteiger partial charge < -0.3 is 29.0 Å². The summed E-state index contributed by atoms with van der Waals surface area (Å²) in [6.45, 7) is 12.5. The fraction of sp³-hybridized carbons (Fsp3) is 0.863. The molecule has 10 nitrogen and oxygen atoms in total. The van der Waals surface area contributed by atoms with Gasteiger partial charge in [0.25, 0.3) is 0 Å². The highest BCUT2D eigenvalue weighted by Gasteiger charge is 2.23. The number of piperidine rings is 1. The van der Waals surface area contributed by atoms with Gasteiger partial charge in [-0.2, -0.15) is 0 Å². The maximum absolute atomic E-state index is 13.0. The van der Waals surface area contributed by atoms with Crippen LogP contribution in [0.15, 0.2) is 24.3 Å². The first-order valence-corrected chi connectivity index (χ1v) is 25.4. The highest BCUT2D eigenvalue weighted by Crippen LogP contribution is 2.17. The fourth-order valence-electron chi connectivity index (χ4n) is 7.59. The maximum Gasteiger partial charge on any atom is 0.407 e. The average Bonchev–Trinajstić information content (AvgIpc) is 3.27. The van der Waals surface area contributed by atoms with Gasteiger partial charge in [-0.15, -0.1) is 0 Å². The second kappa shape index (κ2) is 42.9. The van der Waals surface area contributed by atoms with Gasteiger partial charge >= 0.3 is 18.0 Å². The normalized spacial score (nSPS) is 15.2. The van der Waals surface area contributed by atoms with E-state index in [0.29, 0.717) is 38.6 Å². The highest BCUT2D eigenvalue weighted by molar-refractivity contribution is 5.70. The zero-order chi connectivity index (χ0) is 44.3. The molecule has 2 unspecified atom stereocenters. The summed E-state index contributed by atoms with van der Waals surface area (Å²) in [5.74, 6) is -1.13. The van der Waals surface area contributed by atoms with Crippen molar-refractivity contribution < 1.29 is 38.1 Å². The largest absolute Gasteiger partial charge is 0.465 e. The number of ether oxygens (including phenoxy) is 5. The van der Waals surface area contributed by atoms with Gasteiger partial charge in [0.1, 0.15) is 19.8 Å². The summed E-state index contributed by atoms with van der Waals surface area (Å²) in [6.07, 6.45) is 38.9. The first-order chi connectivity index (χ1) is 29.9. The standard InChI is InChI=1S/C51H94N2O8/c1-5-9-12-15-18-19-20-21-22-23-24-25-26-27-30-36-48(54)59-43-46(45-61-51(56)52-42-47-35-31-32-39-53(47)8-4)44-60-49(55)37-38-50(57-40-33-28-16-13-10-6-2)58-41-34-29-17-14-11-7-3/h18-19,21-22,46-47,50H,5-17,20,23-45H2,1-4H3,(H,52,56)/b19-18-,22-21-. The van der Waals surface area contributed by atoms with E-state index < -0.39 is 18.3 Å². The Morgan fingerprint density at radius 3 is 1.70 bits per heavy atom. The Balaban J connectivity index is 2.56. The highest BCUT2D eigenvalue weighted by atomic mass is 16.7. The van der Waals surface area contributed by atoms with Crippen molar-refractivity contribution >= 4 is 18.0 Å². The second-order valence-electron chi connectivity index (χ2n) is 17.2. The quantitative estimate of drug-likeness (QED) is 0.0211. The van der Waals surface area contributed by atoms with E-state index in [2.05, 4.69) is 62.2 Å². The molecule has 0 aliphatic carbocycles. The summed E-state index contributed by atoms with van der Waals surface area (Å²) in [5.41, 5.74) is 0. The monoisotopic (exact) mass is 863 g/mol. The number of carbonyl (C=O) groups is 3. The van der Waals surface area contributed by atoms with Crippen molar-refractivity contribution in [1.82, 2.24) is 10.2 Å². The molecule has 1 heterocycles.